The fraction of sp³-hybridized carbons (Fsp3) is 0.263. The first-order chi connectivity index (χ1) is 11.6. The SMILES string of the molecule is CC1(c2ccc(Cl)cc2F)Oc2cccc(C3=CCNCC3)c2O1. The Bertz CT molecular complexity index is 836. The van der Waals surface area contributed by atoms with E-state index in [0.717, 1.165) is 25.1 Å². The van der Waals surface area contributed by atoms with Crippen LogP contribution in [0.5, 0.6) is 11.5 Å². The summed E-state index contributed by atoms with van der Waals surface area (Å²) in [5.74, 6) is -0.354. The van der Waals surface area contributed by atoms with E-state index in [1.165, 1.54) is 11.6 Å². The first-order valence-corrected chi connectivity index (χ1v) is 8.31. The first kappa shape index (κ1) is 15.5. The summed E-state index contributed by atoms with van der Waals surface area (Å²) < 4.78 is 26.5. The maximum atomic E-state index is 14.4. The van der Waals surface area contributed by atoms with Crippen molar-refractivity contribution in [3.8, 4) is 11.5 Å². The lowest BCUT2D eigenvalue weighted by molar-refractivity contribution is -0.0708. The Morgan fingerprint density at radius 1 is 1.21 bits per heavy atom. The summed E-state index contributed by atoms with van der Waals surface area (Å²) in [4.78, 5) is 0. The van der Waals surface area contributed by atoms with E-state index in [1.54, 1.807) is 19.1 Å². The van der Waals surface area contributed by atoms with Crippen molar-refractivity contribution in [3.05, 3.63) is 64.4 Å². The number of halogens is 2. The van der Waals surface area contributed by atoms with Crippen molar-refractivity contribution in [2.45, 2.75) is 19.1 Å². The van der Waals surface area contributed by atoms with Crippen molar-refractivity contribution in [3.63, 3.8) is 0 Å². The number of ether oxygens (including phenoxy) is 2. The Labute approximate surface area is 145 Å². The number of para-hydroxylation sites is 1. The smallest absolute Gasteiger partial charge is 0.278 e. The average molecular weight is 346 g/mol. The molecule has 0 fully saturated rings. The summed E-state index contributed by atoms with van der Waals surface area (Å²) in [7, 11) is 0. The molecular formula is C19H17ClFNO2. The minimum atomic E-state index is -1.21. The third-order valence-electron chi connectivity index (χ3n) is 4.41. The Balaban J connectivity index is 1.75. The van der Waals surface area contributed by atoms with Crippen LogP contribution in [0.1, 0.15) is 24.5 Å². The van der Waals surface area contributed by atoms with Crippen molar-refractivity contribution in [2.75, 3.05) is 13.1 Å². The Morgan fingerprint density at radius 3 is 2.83 bits per heavy atom. The average Bonchev–Trinajstić information content (AvgIpc) is 2.92. The van der Waals surface area contributed by atoms with Crippen LogP contribution in [0.15, 0.2) is 42.5 Å². The van der Waals surface area contributed by atoms with E-state index in [0.29, 0.717) is 22.1 Å². The zero-order chi connectivity index (χ0) is 16.7. The first-order valence-electron chi connectivity index (χ1n) is 7.93. The molecule has 0 bridgehead atoms. The molecule has 2 heterocycles. The second-order valence-electron chi connectivity index (χ2n) is 6.09. The molecule has 0 radical (unpaired) electrons. The van der Waals surface area contributed by atoms with E-state index in [9.17, 15) is 4.39 Å². The summed E-state index contributed by atoms with van der Waals surface area (Å²) in [5, 5.41) is 3.64. The summed E-state index contributed by atoms with van der Waals surface area (Å²) >= 11 is 5.85. The monoisotopic (exact) mass is 345 g/mol. The van der Waals surface area contributed by atoms with Gasteiger partial charge in [-0.25, -0.2) is 4.39 Å². The number of hydrogen-bond donors (Lipinski definition) is 1. The molecule has 1 atom stereocenters. The van der Waals surface area contributed by atoms with Crippen LogP contribution in [0.3, 0.4) is 0 Å². The fourth-order valence-corrected chi connectivity index (χ4v) is 3.37. The van der Waals surface area contributed by atoms with Gasteiger partial charge in [-0.2, -0.15) is 0 Å². The quantitative estimate of drug-likeness (QED) is 0.869. The maximum absolute atomic E-state index is 14.4. The van der Waals surface area contributed by atoms with Gasteiger partial charge in [0.05, 0.1) is 5.56 Å². The highest BCUT2D eigenvalue weighted by molar-refractivity contribution is 6.30. The topological polar surface area (TPSA) is 30.5 Å². The lowest BCUT2D eigenvalue weighted by Gasteiger charge is -2.24. The lowest BCUT2D eigenvalue weighted by Crippen LogP contribution is -2.32. The van der Waals surface area contributed by atoms with Gasteiger partial charge in [0.1, 0.15) is 5.82 Å². The number of benzene rings is 2. The van der Waals surface area contributed by atoms with E-state index in [1.807, 2.05) is 18.2 Å². The van der Waals surface area contributed by atoms with Crippen LogP contribution in [0.4, 0.5) is 4.39 Å². The largest absolute Gasteiger partial charge is 0.444 e. The molecule has 5 heteroatoms. The van der Waals surface area contributed by atoms with Crippen LogP contribution < -0.4 is 14.8 Å². The number of nitrogens with one attached hydrogen (secondary N) is 1. The Hall–Kier alpha value is -2.04. The molecule has 2 aromatic rings. The van der Waals surface area contributed by atoms with Crippen molar-refractivity contribution in [1.29, 1.82) is 0 Å². The minimum absolute atomic E-state index is 0.327. The molecule has 0 saturated carbocycles. The van der Waals surface area contributed by atoms with Crippen LogP contribution in [-0.4, -0.2) is 13.1 Å². The molecule has 0 amide bonds. The molecule has 2 aliphatic heterocycles. The van der Waals surface area contributed by atoms with Crippen LogP contribution in [0.25, 0.3) is 5.57 Å². The normalized spacial score (nSPS) is 22.4. The molecule has 2 aliphatic rings. The number of fused-ring (bicyclic) bond motifs is 1. The maximum Gasteiger partial charge on any atom is 0.278 e. The fourth-order valence-electron chi connectivity index (χ4n) is 3.21. The summed E-state index contributed by atoms with van der Waals surface area (Å²) in [6.45, 7) is 3.49. The van der Waals surface area contributed by atoms with Crippen LogP contribution in [0, 0.1) is 5.82 Å². The summed E-state index contributed by atoms with van der Waals surface area (Å²) in [6, 6.07) is 10.3. The molecule has 2 aromatic carbocycles. The second-order valence-corrected chi connectivity index (χ2v) is 6.53. The third kappa shape index (κ3) is 2.56. The molecule has 124 valence electrons. The summed E-state index contributed by atoms with van der Waals surface area (Å²) in [6.07, 6.45) is 3.08. The minimum Gasteiger partial charge on any atom is -0.444 e. The molecule has 1 N–H and O–H groups in total. The number of hydrogen-bond acceptors (Lipinski definition) is 3. The van der Waals surface area contributed by atoms with E-state index >= 15 is 0 Å². The van der Waals surface area contributed by atoms with Crippen molar-refractivity contribution >= 4 is 17.2 Å². The van der Waals surface area contributed by atoms with E-state index in [-0.39, 0.29) is 0 Å². The van der Waals surface area contributed by atoms with Gasteiger partial charge in [-0.05, 0) is 42.8 Å². The van der Waals surface area contributed by atoms with Gasteiger partial charge in [-0.3, -0.25) is 0 Å². The van der Waals surface area contributed by atoms with Gasteiger partial charge in [0.2, 0.25) is 0 Å². The Morgan fingerprint density at radius 2 is 2.08 bits per heavy atom. The molecule has 24 heavy (non-hydrogen) atoms. The van der Waals surface area contributed by atoms with Crippen LogP contribution in [0.2, 0.25) is 5.02 Å². The predicted octanol–water partition coefficient (Wildman–Crippen LogP) is 4.50. The molecule has 0 aliphatic carbocycles. The highest BCUT2D eigenvalue weighted by atomic mass is 35.5. The van der Waals surface area contributed by atoms with Gasteiger partial charge in [0, 0.05) is 24.1 Å². The number of rotatable bonds is 2. The molecular weight excluding hydrogens is 329 g/mol. The van der Waals surface area contributed by atoms with Crippen LogP contribution >= 0.6 is 11.6 Å². The van der Waals surface area contributed by atoms with Gasteiger partial charge in [-0.1, -0.05) is 29.8 Å². The van der Waals surface area contributed by atoms with Gasteiger partial charge in [-0.15, -0.1) is 0 Å². The molecule has 0 aromatic heterocycles. The third-order valence-corrected chi connectivity index (χ3v) is 4.65. The van der Waals surface area contributed by atoms with Gasteiger partial charge < -0.3 is 14.8 Å². The van der Waals surface area contributed by atoms with Crippen molar-refractivity contribution in [2.24, 2.45) is 0 Å². The van der Waals surface area contributed by atoms with E-state index in [4.69, 9.17) is 21.1 Å². The Kier molecular flexibility index (Phi) is 3.74. The van der Waals surface area contributed by atoms with Gasteiger partial charge in [0.15, 0.2) is 11.5 Å². The van der Waals surface area contributed by atoms with Crippen molar-refractivity contribution in [1.82, 2.24) is 5.32 Å². The van der Waals surface area contributed by atoms with Crippen molar-refractivity contribution < 1.29 is 13.9 Å². The van der Waals surface area contributed by atoms with Gasteiger partial charge >= 0.3 is 0 Å². The molecule has 0 saturated heterocycles. The van der Waals surface area contributed by atoms with E-state index < -0.39 is 11.6 Å². The molecule has 1 unspecified atom stereocenters. The highest BCUT2D eigenvalue weighted by Crippen LogP contribution is 2.48. The molecule has 4 rings (SSSR count). The van der Waals surface area contributed by atoms with E-state index in [2.05, 4.69) is 11.4 Å². The summed E-state index contributed by atoms with van der Waals surface area (Å²) in [5.41, 5.74) is 2.55. The van der Waals surface area contributed by atoms with Crippen LogP contribution in [-0.2, 0) is 5.79 Å². The zero-order valence-corrected chi connectivity index (χ0v) is 14.0. The lowest BCUT2D eigenvalue weighted by atomic mass is 9.99. The predicted molar refractivity (Wildman–Crippen MR) is 91.9 cm³/mol. The second kappa shape index (κ2) is 5.80. The van der Waals surface area contributed by atoms with Gasteiger partial charge in [0.25, 0.3) is 5.79 Å². The standard InChI is InChI=1S/C19H17ClFNO2/c1-19(15-6-5-13(20)11-16(15)21)23-17-4-2-3-14(18(17)24-19)12-7-9-22-10-8-12/h2-7,11,22H,8-10H2,1H3. The zero-order valence-electron chi connectivity index (χ0n) is 13.2. The molecule has 0 spiro atoms. The molecule has 3 nitrogen and oxygen atoms in total. The highest BCUT2D eigenvalue weighted by Gasteiger charge is 2.42.